The van der Waals surface area contributed by atoms with E-state index in [2.05, 4.69) is 9.72 Å². The Morgan fingerprint density at radius 2 is 2.10 bits per heavy atom. The van der Waals surface area contributed by atoms with Crippen LogP contribution in [0.15, 0.2) is 29.4 Å². The van der Waals surface area contributed by atoms with Gasteiger partial charge in [-0.05, 0) is 38.2 Å². The van der Waals surface area contributed by atoms with Gasteiger partial charge in [-0.1, -0.05) is 29.4 Å². The molecule has 110 valence electrons. The van der Waals surface area contributed by atoms with Crippen molar-refractivity contribution in [1.29, 1.82) is 0 Å². The van der Waals surface area contributed by atoms with Crippen LogP contribution in [0.5, 0.6) is 0 Å². The van der Waals surface area contributed by atoms with Gasteiger partial charge in [0.05, 0.1) is 5.69 Å². The zero-order valence-electron chi connectivity index (χ0n) is 12.2. The molecule has 1 heterocycles. The molecule has 0 spiro atoms. The normalized spacial score (nSPS) is 15.0. The van der Waals surface area contributed by atoms with Crippen LogP contribution in [-0.2, 0) is 19.4 Å². The number of hydrogen-bond donors (Lipinski definition) is 2. The van der Waals surface area contributed by atoms with Crippen LogP contribution in [0.1, 0.15) is 41.2 Å². The van der Waals surface area contributed by atoms with E-state index >= 15 is 0 Å². The summed E-state index contributed by atoms with van der Waals surface area (Å²) in [6, 6.07) is 7.76. The number of nitrogens with two attached hydrogens (primary N) is 1. The number of amidine groups is 1. The third-order valence-corrected chi connectivity index (χ3v) is 4.15. The number of imidazole rings is 1. The fourth-order valence-electron chi connectivity index (χ4n) is 3.08. The SMILES string of the molecule is Cc1nc2c(n1Cc1ccccc1/C(N)=N/O)CCCC2. The Hall–Kier alpha value is -2.30. The minimum absolute atomic E-state index is 0.150. The smallest absolute Gasteiger partial charge is 0.170 e. The molecule has 0 saturated carbocycles. The fourth-order valence-corrected chi connectivity index (χ4v) is 3.08. The molecule has 21 heavy (non-hydrogen) atoms. The third kappa shape index (κ3) is 2.51. The average Bonchev–Trinajstić information content (AvgIpc) is 2.83. The molecule has 0 radical (unpaired) electrons. The Kier molecular flexibility index (Phi) is 3.64. The van der Waals surface area contributed by atoms with Crippen LogP contribution in [-0.4, -0.2) is 20.6 Å². The van der Waals surface area contributed by atoms with Crippen LogP contribution in [0, 0.1) is 6.92 Å². The van der Waals surface area contributed by atoms with Gasteiger partial charge >= 0.3 is 0 Å². The van der Waals surface area contributed by atoms with Gasteiger partial charge in [-0.25, -0.2) is 4.98 Å². The van der Waals surface area contributed by atoms with Crippen molar-refractivity contribution >= 4 is 5.84 Å². The predicted octanol–water partition coefficient (Wildman–Crippen LogP) is 2.21. The molecule has 0 atom stereocenters. The van der Waals surface area contributed by atoms with Gasteiger partial charge in [-0.2, -0.15) is 0 Å². The van der Waals surface area contributed by atoms with E-state index < -0.39 is 0 Å². The zero-order valence-corrected chi connectivity index (χ0v) is 12.2. The molecule has 0 bridgehead atoms. The highest BCUT2D eigenvalue weighted by Crippen LogP contribution is 2.23. The second kappa shape index (κ2) is 5.60. The Morgan fingerprint density at radius 1 is 1.33 bits per heavy atom. The van der Waals surface area contributed by atoms with Crippen LogP contribution in [0.25, 0.3) is 0 Å². The van der Waals surface area contributed by atoms with E-state index in [0.717, 1.165) is 29.8 Å². The van der Waals surface area contributed by atoms with Crippen LogP contribution < -0.4 is 5.73 Å². The molecule has 1 aromatic heterocycles. The summed E-state index contributed by atoms with van der Waals surface area (Å²) in [5, 5.41) is 12.1. The summed E-state index contributed by atoms with van der Waals surface area (Å²) >= 11 is 0. The maximum absolute atomic E-state index is 8.93. The van der Waals surface area contributed by atoms with Crippen molar-refractivity contribution < 1.29 is 5.21 Å². The summed E-state index contributed by atoms with van der Waals surface area (Å²) in [6.07, 6.45) is 4.61. The topological polar surface area (TPSA) is 76.4 Å². The van der Waals surface area contributed by atoms with Crippen LogP contribution >= 0.6 is 0 Å². The number of hydrogen-bond acceptors (Lipinski definition) is 3. The van der Waals surface area contributed by atoms with E-state index in [9.17, 15) is 0 Å². The first kappa shape index (κ1) is 13.7. The van der Waals surface area contributed by atoms with E-state index in [1.807, 2.05) is 31.2 Å². The lowest BCUT2D eigenvalue weighted by atomic mass is 10.0. The van der Waals surface area contributed by atoms with Crippen molar-refractivity contribution in [1.82, 2.24) is 9.55 Å². The van der Waals surface area contributed by atoms with Crippen molar-refractivity contribution in [3.05, 3.63) is 52.6 Å². The fraction of sp³-hybridized carbons (Fsp3) is 0.375. The van der Waals surface area contributed by atoms with Crippen molar-refractivity contribution in [2.45, 2.75) is 39.2 Å². The standard InChI is InChI=1S/C16H20N4O/c1-11-18-14-8-4-5-9-15(14)20(11)10-12-6-2-3-7-13(12)16(17)19-21/h2-3,6-7,21H,4-5,8-10H2,1H3,(H2,17,19). The van der Waals surface area contributed by atoms with Crippen molar-refractivity contribution in [2.24, 2.45) is 10.9 Å². The number of fused-ring (bicyclic) bond motifs is 1. The minimum atomic E-state index is 0.150. The van der Waals surface area contributed by atoms with Gasteiger partial charge in [0.15, 0.2) is 5.84 Å². The predicted molar refractivity (Wildman–Crippen MR) is 81.7 cm³/mol. The maximum Gasteiger partial charge on any atom is 0.170 e. The van der Waals surface area contributed by atoms with Crippen molar-refractivity contribution in [3.8, 4) is 0 Å². The summed E-state index contributed by atoms with van der Waals surface area (Å²) in [4.78, 5) is 4.69. The van der Waals surface area contributed by atoms with E-state index in [4.69, 9.17) is 15.9 Å². The molecular weight excluding hydrogens is 264 g/mol. The molecular formula is C16H20N4O. The molecule has 3 N–H and O–H groups in total. The number of rotatable bonds is 3. The monoisotopic (exact) mass is 284 g/mol. The number of benzene rings is 1. The number of aryl methyl sites for hydroxylation is 2. The molecule has 5 heteroatoms. The van der Waals surface area contributed by atoms with Gasteiger partial charge in [0, 0.05) is 17.8 Å². The van der Waals surface area contributed by atoms with E-state index in [-0.39, 0.29) is 5.84 Å². The zero-order chi connectivity index (χ0) is 14.8. The molecule has 0 unspecified atom stereocenters. The van der Waals surface area contributed by atoms with E-state index in [1.54, 1.807) is 0 Å². The molecule has 1 aliphatic carbocycles. The lowest BCUT2D eigenvalue weighted by Crippen LogP contribution is -2.18. The molecule has 3 rings (SSSR count). The minimum Gasteiger partial charge on any atom is -0.409 e. The summed E-state index contributed by atoms with van der Waals surface area (Å²) in [5.74, 6) is 1.19. The maximum atomic E-state index is 8.93. The molecule has 2 aromatic rings. The van der Waals surface area contributed by atoms with Gasteiger partial charge in [0.1, 0.15) is 5.82 Å². The third-order valence-electron chi connectivity index (χ3n) is 4.15. The molecule has 0 saturated heterocycles. The van der Waals surface area contributed by atoms with Gasteiger partial charge in [0.2, 0.25) is 0 Å². The first-order valence-corrected chi connectivity index (χ1v) is 7.31. The van der Waals surface area contributed by atoms with Gasteiger partial charge in [-0.3, -0.25) is 0 Å². The van der Waals surface area contributed by atoms with E-state index in [1.165, 1.54) is 24.2 Å². The van der Waals surface area contributed by atoms with Crippen LogP contribution in [0.2, 0.25) is 0 Å². The largest absolute Gasteiger partial charge is 0.409 e. The molecule has 1 aromatic carbocycles. The number of aromatic nitrogens is 2. The van der Waals surface area contributed by atoms with Gasteiger partial charge in [-0.15, -0.1) is 0 Å². The molecule has 0 aliphatic heterocycles. The second-order valence-corrected chi connectivity index (χ2v) is 5.49. The summed E-state index contributed by atoms with van der Waals surface area (Å²) in [7, 11) is 0. The summed E-state index contributed by atoms with van der Waals surface area (Å²) in [6.45, 7) is 2.75. The summed E-state index contributed by atoms with van der Waals surface area (Å²) in [5.41, 5.74) is 10.2. The van der Waals surface area contributed by atoms with Crippen molar-refractivity contribution in [2.75, 3.05) is 0 Å². The Labute approximate surface area is 124 Å². The molecule has 0 amide bonds. The second-order valence-electron chi connectivity index (χ2n) is 5.49. The lowest BCUT2D eigenvalue weighted by Gasteiger charge is -2.16. The Bertz CT molecular complexity index is 688. The lowest BCUT2D eigenvalue weighted by molar-refractivity contribution is 0.318. The van der Waals surface area contributed by atoms with Crippen LogP contribution in [0.4, 0.5) is 0 Å². The molecule has 1 aliphatic rings. The first-order chi connectivity index (χ1) is 10.2. The highest BCUT2D eigenvalue weighted by atomic mass is 16.4. The van der Waals surface area contributed by atoms with Gasteiger partial charge in [0.25, 0.3) is 0 Å². The van der Waals surface area contributed by atoms with Crippen molar-refractivity contribution in [3.63, 3.8) is 0 Å². The van der Waals surface area contributed by atoms with Gasteiger partial charge < -0.3 is 15.5 Å². The summed E-state index contributed by atoms with van der Waals surface area (Å²) < 4.78 is 2.26. The number of nitrogens with zero attached hydrogens (tertiary/aromatic N) is 3. The average molecular weight is 284 g/mol. The quantitative estimate of drug-likeness (QED) is 0.393. The molecule has 0 fully saturated rings. The van der Waals surface area contributed by atoms with E-state index in [0.29, 0.717) is 6.54 Å². The number of oxime groups is 1. The highest BCUT2D eigenvalue weighted by molar-refractivity contribution is 5.98. The molecule has 5 nitrogen and oxygen atoms in total. The first-order valence-electron chi connectivity index (χ1n) is 7.31. The Balaban J connectivity index is 2.00. The highest BCUT2D eigenvalue weighted by Gasteiger charge is 2.19. The Morgan fingerprint density at radius 3 is 2.90 bits per heavy atom. The van der Waals surface area contributed by atoms with Crippen LogP contribution in [0.3, 0.4) is 0 Å².